The summed E-state index contributed by atoms with van der Waals surface area (Å²) in [5, 5.41) is 8.48. The third-order valence-electron chi connectivity index (χ3n) is 2.95. The highest BCUT2D eigenvalue weighted by Gasteiger charge is 2.27. The van der Waals surface area contributed by atoms with Crippen LogP contribution in [0.1, 0.15) is 40.0 Å². The summed E-state index contributed by atoms with van der Waals surface area (Å²) in [6.45, 7) is 6.11. The third-order valence-corrected chi connectivity index (χ3v) is 2.95. The number of amides is 1. The van der Waals surface area contributed by atoms with Crippen molar-refractivity contribution in [1.82, 2.24) is 4.90 Å². The average molecular weight is 273 g/mol. The second kappa shape index (κ2) is 6.75. The fourth-order valence-electron chi connectivity index (χ4n) is 2.01. The fraction of sp³-hybridized carbons (Fsp3) is 0.846. The van der Waals surface area contributed by atoms with Crippen LogP contribution in [0.15, 0.2) is 0 Å². The quantitative estimate of drug-likeness (QED) is 0.623. The van der Waals surface area contributed by atoms with Gasteiger partial charge >= 0.3 is 12.1 Å². The molecule has 1 aliphatic heterocycles. The van der Waals surface area contributed by atoms with Crippen molar-refractivity contribution in [3.8, 4) is 0 Å². The SMILES string of the molecule is CC(C)(C)OC(=O)N1CCC(CC(=O)OCO)CC1. The van der Waals surface area contributed by atoms with Crippen molar-refractivity contribution >= 4 is 12.1 Å². The molecule has 1 amide bonds. The van der Waals surface area contributed by atoms with Crippen LogP contribution in [0.2, 0.25) is 0 Å². The van der Waals surface area contributed by atoms with Gasteiger partial charge in [-0.3, -0.25) is 4.79 Å². The molecule has 0 spiro atoms. The molecule has 1 saturated heterocycles. The number of carbonyl (C=O) groups excluding carboxylic acids is 2. The first-order valence-electron chi connectivity index (χ1n) is 6.56. The molecule has 6 nitrogen and oxygen atoms in total. The van der Waals surface area contributed by atoms with Gasteiger partial charge < -0.3 is 19.5 Å². The molecule has 1 heterocycles. The van der Waals surface area contributed by atoms with Crippen LogP contribution >= 0.6 is 0 Å². The molecule has 110 valence electrons. The summed E-state index contributed by atoms with van der Waals surface area (Å²) in [6.07, 6.45) is 1.49. The zero-order valence-electron chi connectivity index (χ0n) is 11.8. The summed E-state index contributed by atoms with van der Waals surface area (Å²) in [7, 11) is 0. The number of carbonyl (C=O) groups is 2. The van der Waals surface area contributed by atoms with Gasteiger partial charge in [0.05, 0.1) is 0 Å². The van der Waals surface area contributed by atoms with Crippen LogP contribution in [0.3, 0.4) is 0 Å². The summed E-state index contributed by atoms with van der Waals surface area (Å²) in [5.74, 6) is -0.184. The van der Waals surface area contributed by atoms with Crippen molar-refractivity contribution in [2.24, 2.45) is 5.92 Å². The van der Waals surface area contributed by atoms with E-state index in [9.17, 15) is 9.59 Å². The molecule has 1 aliphatic rings. The normalized spacial score (nSPS) is 17.2. The highest BCUT2D eigenvalue weighted by molar-refractivity contribution is 5.70. The molecule has 0 aromatic rings. The third kappa shape index (κ3) is 5.92. The summed E-state index contributed by atoms with van der Waals surface area (Å²) >= 11 is 0. The number of hydrogen-bond acceptors (Lipinski definition) is 5. The van der Waals surface area contributed by atoms with E-state index in [1.807, 2.05) is 20.8 Å². The Bertz CT molecular complexity index is 315. The van der Waals surface area contributed by atoms with Crippen LogP contribution in [0.4, 0.5) is 4.79 Å². The van der Waals surface area contributed by atoms with Crippen LogP contribution in [-0.2, 0) is 14.3 Å². The molecular weight excluding hydrogens is 250 g/mol. The molecule has 0 aliphatic carbocycles. The van der Waals surface area contributed by atoms with Crippen LogP contribution in [0.5, 0.6) is 0 Å². The van der Waals surface area contributed by atoms with Gasteiger partial charge in [-0.1, -0.05) is 0 Å². The maximum atomic E-state index is 11.8. The van der Waals surface area contributed by atoms with Gasteiger partial charge in [-0.15, -0.1) is 0 Å². The van der Waals surface area contributed by atoms with Gasteiger partial charge in [0, 0.05) is 19.5 Å². The fourth-order valence-corrected chi connectivity index (χ4v) is 2.01. The van der Waals surface area contributed by atoms with E-state index in [1.165, 1.54) is 0 Å². The Labute approximate surface area is 113 Å². The highest BCUT2D eigenvalue weighted by atomic mass is 16.6. The van der Waals surface area contributed by atoms with Gasteiger partial charge in [0.1, 0.15) is 5.60 Å². The molecule has 0 bridgehead atoms. The predicted octanol–water partition coefficient (Wildman–Crippen LogP) is 1.52. The van der Waals surface area contributed by atoms with E-state index < -0.39 is 18.4 Å². The number of hydrogen-bond donors (Lipinski definition) is 1. The number of piperidine rings is 1. The average Bonchev–Trinajstić information content (AvgIpc) is 2.27. The largest absolute Gasteiger partial charge is 0.444 e. The summed E-state index contributed by atoms with van der Waals surface area (Å²) in [6, 6.07) is 0. The number of nitrogens with zero attached hydrogens (tertiary/aromatic N) is 1. The molecule has 1 fully saturated rings. The van der Waals surface area contributed by atoms with Gasteiger partial charge in [-0.2, -0.15) is 0 Å². The molecule has 0 aromatic heterocycles. The van der Waals surface area contributed by atoms with Gasteiger partial charge in [-0.25, -0.2) is 4.79 Å². The topological polar surface area (TPSA) is 76.1 Å². The first-order valence-corrected chi connectivity index (χ1v) is 6.56. The molecule has 0 saturated carbocycles. The summed E-state index contributed by atoms with van der Waals surface area (Å²) < 4.78 is 9.79. The highest BCUT2D eigenvalue weighted by Crippen LogP contribution is 2.22. The van der Waals surface area contributed by atoms with Crippen molar-refractivity contribution in [2.45, 2.75) is 45.6 Å². The summed E-state index contributed by atoms with van der Waals surface area (Å²) in [4.78, 5) is 24.7. The number of rotatable bonds is 3. The Morgan fingerprint density at radius 3 is 2.32 bits per heavy atom. The zero-order valence-corrected chi connectivity index (χ0v) is 11.8. The molecule has 1 N–H and O–H groups in total. The first kappa shape index (κ1) is 15.8. The molecule has 0 atom stereocenters. The van der Waals surface area contributed by atoms with Gasteiger partial charge in [0.25, 0.3) is 0 Å². The molecule has 19 heavy (non-hydrogen) atoms. The molecule has 0 aromatic carbocycles. The molecule has 6 heteroatoms. The Kier molecular flexibility index (Phi) is 5.60. The molecule has 1 rings (SSSR count). The molecule has 0 unspecified atom stereocenters. The van der Waals surface area contributed by atoms with Crippen LogP contribution < -0.4 is 0 Å². The van der Waals surface area contributed by atoms with Crippen molar-refractivity contribution < 1.29 is 24.2 Å². The van der Waals surface area contributed by atoms with Crippen LogP contribution in [-0.4, -0.2) is 47.6 Å². The lowest BCUT2D eigenvalue weighted by atomic mass is 9.94. The second-order valence-corrected chi connectivity index (χ2v) is 5.76. The van der Waals surface area contributed by atoms with E-state index in [2.05, 4.69) is 4.74 Å². The van der Waals surface area contributed by atoms with Gasteiger partial charge in [0.15, 0.2) is 6.79 Å². The minimum atomic E-state index is -0.574. The molecule has 0 radical (unpaired) electrons. The summed E-state index contributed by atoms with van der Waals surface area (Å²) in [5.41, 5.74) is -0.487. The van der Waals surface area contributed by atoms with Gasteiger partial charge in [-0.05, 0) is 39.5 Å². The van der Waals surface area contributed by atoms with Crippen LogP contribution in [0.25, 0.3) is 0 Å². The maximum Gasteiger partial charge on any atom is 0.410 e. The first-order chi connectivity index (χ1) is 8.81. The second-order valence-electron chi connectivity index (χ2n) is 5.76. The van der Waals surface area contributed by atoms with Crippen molar-refractivity contribution in [3.63, 3.8) is 0 Å². The van der Waals surface area contributed by atoms with Crippen molar-refractivity contribution in [1.29, 1.82) is 0 Å². The number of esters is 1. The lowest BCUT2D eigenvalue weighted by molar-refractivity contribution is -0.153. The van der Waals surface area contributed by atoms with E-state index in [1.54, 1.807) is 4.90 Å². The monoisotopic (exact) mass is 273 g/mol. The number of aliphatic hydroxyl groups is 1. The number of likely N-dealkylation sites (tertiary alicyclic amines) is 1. The minimum absolute atomic E-state index is 0.206. The lowest BCUT2D eigenvalue weighted by Gasteiger charge is -2.33. The Morgan fingerprint density at radius 2 is 1.84 bits per heavy atom. The van der Waals surface area contributed by atoms with Crippen LogP contribution in [0, 0.1) is 5.92 Å². The Morgan fingerprint density at radius 1 is 1.26 bits per heavy atom. The maximum absolute atomic E-state index is 11.8. The zero-order chi connectivity index (χ0) is 14.5. The lowest BCUT2D eigenvalue weighted by Crippen LogP contribution is -2.42. The smallest absolute Gasteiger partial charge is 0.410 e. The van der Waals surface area contributed by atoms with E-state index in [0.717, 1.165) is 12.8 Å². The van der Waals surface area contributed by atoms with E-state index >= 15 is 0 Å². The van der Waals surface area contributed by atoms with Gasteiger partial charge in [0.2, 0.25) is 0 Å². The van der Waals surface area contributed by atoms with Crippen molar-refractivity contribution in [3.05, 3.63) is 0 Å². The number of ether oxygens (including phenoxy) is 2. The Balaban J connectivity index is 2.32. The Hall–Kier alpha value is -1.30. The van der Waals surface area contributed by atoms with Crippen molar-refractivity contribution in [2.75, 3.05) is 19.9 Å². The number of aliphatic hydroxyl groups excluding tert-OH is 1. The van der Waals surface area contributed by atoms with E-state index in [-0.39, 0.29) is 12.0 Å². The standard InChI is InChI=1S/C13H23NO5/c1-13(2,3)19-12(17)14-6-4-10(5-7-14)8-11(16)18-9-15/h10,15H,4-9H2,1-3H3. The van der Waals surface area contributed by atoms with E-state index in [0.29, 0.717) is 19.5 Å². The molecular formula is C13H23NO5. The predicted molar refractivity (Wildman–Crippen MR) is 68.3 cm³/mol. The minimum Gasteiger partial charge on any atom is -0.444 e. The van der Waals surface area contributed by atoms with E-state index in [4.69, 9.17) is 9.84 Å².